The van der Waals surface area contributed by atoms with Crippen LogP contribution in [0.2, 0.25) is 0 Å². The van der Waals surface area contributed by atoms with Gasteiger partial charge < -0.3 is 19.6 Å². The predicted molar refractivity (Wildman–Crippen MR) is 140 cm³/mol. The number of carbonyl (C=O) groups excluding carboxylic acids is 2. The number of unbranched alkanes of at least 4 members (excludes halogenated alkanes) is 3. The van der Waals surface area contributed by atoms with Gasteiger partial charge in [-0.3, -0.25) is 14.9 Å². The van der Waals surface area contributed by atoms with Crippen LogP contribution in [0.15, 0.2) is 23.2 Å². The van der Waals surface area contributed by atoms with E-state index < -0.39 is 0 Å². The van der Waals surface area contributed by atoms with E-state index in [2.05, 4.69) is 17.2 Å². The van der Waals surface area contributed by atoms with Gasteiger partial charge >= 0.3 is 0 Å². The number of hydrogen-bond donors (Lipinski definition) is 2. The van der Waals surface area contributed by atoms with Crippen LogP contribution in [0.1, 0.15) is 83.1 Å². The molecular weight excluding hydrogens is 456 g/mol. The molecular formula is C28H42N4O4. The molecule has 8 nitrogen and oxygen atoms in total. The van der Waals surface area contributed by atoms with Crippen molar-refractivity contribution >= 4 is 23.5 Å². The molecule has 8 heteroatoms. The number of amides is 2. The van der Waals surface area contributed by atoms with Crippen molar-refractivity contribution in [3.8, 4) is 5.75 Å². The Balaban J connectivity index is 1.15. The number of nitrogens with zero attached hydrogens (tertiary/aromatic N) is 3. The number of aliphatic imine (C=N–C) groups is 1. The number of ether oxygens (including phenoxy) is 1. The van der Waals surface area contributed by atoms with Gasteiger partial charge in [0.25, 0.3) is 0 Å². The molecule has 1 unspecified atom stereocenters. The zero-order valence-corrected chi connectivity index (χ0v) is 21.7. The Labute approximate surface area is 215 Å². The van der Waals surface area contributed by atoms with Crippen LogP contribution < -0.4 is 10.1 Å². The lowest BCUT2D eigenvalue weighted by Gasteiger charge is -2.35. The minimum absolute atomic E-state index is 0.0181. The van der Waals surface area contributed by atoms with Crippen LogP contribution in [0.25, 0.3) is 0 Å². The summed E-state index contributed by atoms with van der Waals surface area (Å²) in [5.74, 6) is 2.26. The van der Waals surface area contributed by atoms with Gasteiger partial charge in [-0.05, 0) is 56.2 Å². The normalized spacial score (nSPS) is 17.9. The fraction of sp³-hybridized carbons (Fsp3) is 0.679. The molecule has 0 spiro atoms. The van der Waals surface area contributed by atoms with Crippen LogP contribution >= 0.6 is 0 Å². The second kappa shape index (κ2) is 13.1. The highest BCUT2D eigenvalue weighted by Gasteiger charge is 2.31. The fourth-order valence-corrected chi connectivity index (χ4v) is 5.86. The van der Waals surface area contributed by atoms with E-state index in [-0.39, 0.29) is 18.4 Å². The van der Waals surface area contributed by atoms with Crippen molar-refractivity contribution in [3.05, 3.63) is 23.8 Å². The first kappa shape index (κ1) is 26.5. The Kier molecular flexibility index (Phi) is 9.61. The van der Waals surface area contributed by atoms with Gasteiger partial charge in [0.2, 0.25) is 17.8 Å². The van der Waals surface area contributed by atoms with Gasteiger partial charge in [0, 0.05) is 31.1 Å². The number of benzene rings is 1. The quantitative estimate of drug-likeness (QED) is 0.376. The van der Waals surface area contributed by atoms with E-state index in [1.807, 2.05) is 28.0 Å². The van der Waals surface area contributed by atoms with Gasteiger partial charge in [0.05, 0.1) is 18.9 Å². The predicted octanol–water partition coefficient (Wildman–Crippen LogP) is 4.13. The largest absolute Gasteiger partial charge is 0.494 e. The van der Waals surface area contributed by atoms with E-state index in [4.69, 9.17) is 4.74 Å². The van der Waals surface area contributed by atoms with Crippen molar-refractivity contribution in [1.82, 2.24) is 15.1 Å². The molecule has 3 aliphatic rings. The SMILES string of the molecule is CCCC(C1CCCC1)N(CCO)C(=O)CCCCCCOc1ccc2c(c1)CN1CC(=O)NC1=N2. The molecule has 2 N–H and O–H groups in total. The summed E-state index contributed by atoms with van der Waals surface area (Å²) in [4.78, 5) is 33.1. The van der Waals surface area contributed by atoms with Gasteiger partial charge in [0.15, 0.2) is 0 Å². The molecule has 0 radical (unpaired) electrons. The van der Waals surface area contributed by atoms with Crippen LogP contribution in [0, 0.1) is 5.92 Å². The first-order valence-corrected chi connectivity index (χ1v) is 13.9. The molecule has 2 amide bonds. The second-order valence-electron chi connectivity index (χ2n) is 10.4. The first-order valence-electron chi connectivity index (χ1n) is 13.9. The summed E-state index contributed by atoms with van der Waals surface area (Å²) < 4.78 is 5.97. The highest BCUT2D eigenvalue weighted by Crippen LogP contribution is 2.33. The molecule has 2 heterocycles. The minimum Gasteiger partial charge on any atom is -0.494 e. The zero-order valence-electron chi connectivity index (χ0n) is 21.7. The molecule has 1 atom stereocenters. The maximum absolute atomic E-state index is 13.0. The molecule has 1 aromatic rings. The summed E-state index contributed by atoms with van der Waals surface area (Å²) >= 11 is 0. The minimum atomic E-state index is -0.0181. The van der Waals surface area contributed by atoms with Crippen LogP contribution in [0.4, 0.5) is 5.69 Å². The summed E-state index contributed by atoms with van der Waals surface area (Å²) in [6.07, 6.45) is 11.5. The average molecular weight is 499 g/mol. The molecule has 0 bridgehead atoms. The number of nitrogens with one attached hydrogen (secondary N) is 1. The van der Waals surface area contributed by atoms with Gasteiger partial charge in [-0.1, -0.05) is 39.0 Å². The zero-order chi connectivity index (χ0) is 25.3. The van der Waals surface area contributed by atoms with Crippen molar-refractivity contribution in [2.45, 2.75) is 90.1 Å². The standard InChI is InChI=1S/C28H42N4O4/c1-2-9-25(21-10-6-7-11-21)32(15-16-33)27(35)12-5-3-4-8-17-36-23-13-14-24-22(18-23)19-31-20-26(34)30-28(31)29-24/h13-14,18,21,25,33H,2-12,15-17,19-20H2,1H3,(H,29,30,34). The lowest BCUT2D eigenvalue weighted by molar-refractivity contribution is -0.135. The van der Waals surface area contributed by atoms with Gasteiger partial charge in [-0.25, -0.2) is 4.99 Å². The van der Waals surface area contributed by atoms with Gasteiger partial charge in [-0.15, -0.1) is 0 Å². The van der Waals surface area contributed by atoms with Gasteiger partial charge in [0.1, 0.15) is 12.3 Å². The number of carbonyl (C=O) groups is 2. The maximum Gasteiger partial charge on any atom is 0.246 e. The van der Waals surface area contributed by atoms with E-state index in [0.717, 1.165) is 55.5 Å². The monoisotopic (exact) mass is 498 g/mol. The molecule has 1 aliphatic carbocycles. The Morgan fingerprint density at radius 2 is 2.03 bits per heavy atom. The van der Waals surface area contributed by atoms with Crippen LogP contribution in [-0.2, 0) is 16.1 Å². The van der Waals surface area contributed by atoms with Crippen molar-refractivity contribution in [2.24, 2.45) is 10.9 Å². The Morgan fingerprint density at radius 3 is 2.81 bits per heavy atom. The lowest BCUT2D eigenvalue weighted by Crippen LogP contribution is -2.45. The lowest BCUT2D eigenvalue weighted by atomic mass is 9.92. The Bertz CT molecular complexity index is 928. The summed E-state index contributed by atoms with van der Waals surface area (Å²) in [5.41, 5.74) is 1.95. The number of hydrogen-bond acceptors (Lipinski definition) is 6. The summed E-state index contributed by atoms with van der Waals surface area (Å²) in [6, 6.07) is 6.19. The van der Waals surface area contributed by atoms with Crippen LogP contribution in [0.3, 0.4) is 0 Å². The Hall–Kier alpha value is -2.61. The third kappa shape index (κ3) is 6.78. The molecule has 1 saturated heterocycles. The van der Waals surface area contributed by atoms with Crippen molar-refractivity contribution < 1.29 is 19.4 Å². The molecule has 4 rings (SSSR count). The third-order valence-electron chi connectivity index (χ3n) is 7.67. The molecule has 36 heavy (non-hydrogen) atoms. The number of aliphatic hydroxyl groups excluding tert-OH is 1. The first-order chi connectivity index (χ1) is 17.6. The number of aliphatic hydroxyl groups is 1. The topological polar surface area (TPSA) is 94.5 Å². The van der Waals surface area contributed by atoms with E-state index in [1.165, 1.54) is 25.7 Å². The van der Waals surface area contributed by atoms with E-state index >= 15 is 0 Å². The summed E-state index contributed by atoms with van der Waals surface area (Å²) in [6.45, 7) is 4.34. The van der Waals surface area contributed by atoms with Crippen molar-refractivity contribution in [1.29, 1.82) is 0 Å². The smallest absolute Gasteiger partial charge is 0.246 e. The number of fused-ring (bicyclic) bond motifs is 2. The summed E-state index contributed by atoms with van der Waals surface area (Å²) in [5, 5.41) is 12.4. The second-order valence-corrected chi connectivity index (χ2v) is 10.4. The van der Waals surface area contributed by atoms with E-state index in [0.29, 0.717) is 50.6 Å². The Morgan fingerprint density at radius 1 is 1.22 bits per heavy atom. The molecule has 198 valence electrons. The van der Waals surface area contributed by atoms with E-state index in [1.54, 1.807) is 0 Å². The summed E-state index contributed by atoms with van der Waals surface area (Å²) in [7, 11) is 0. The molecule has 2 fully saturated rings. The number of guanidine groups is 1. The van der Waals surface area contributed by atoms with Crippen LogP contribution in [0.5, 0.6) is 5.75 Å². The molecule has 1 aromatic carbocycles. The molecule has 1 saturated carbocycles. The van der Waals surface area contributed by atoms with Crippen molar-refractivity contribution in [3.63, 3.8) is 0 Å². The number of rotatable bonds is 14. The molecule has 0 aromatic heterocycles. The van der Waals surface area contributed by atoms with E-state index in [9.17, 15) is 14.7 Å². The molecule has 2 aliphatic heterocycles. The average Bonchev–Trinajstić information content (AvgIpc) is 3.52. The maximum atomic E-state index is 13.0. The van der Waals surface area contributed by atoms with Crippen molar-refractivity contribution in [2.75, 3.05) is 26.3 Å². The highest BCUT2D eigenvalue weighted by molar-refractivity contribution is 6.05. The third-order valence-corrected chi connectivity index (χ3v) is 7.67. The highest BCUT2D eigenvalue weighted by atomic mass is 16.5. The fourth-order valence-electron chi connectivity index (χ4n) is 5.86. The van der Waals surface area contributed by atoms with Gasteiger partial charge in [-0.2, -0.15) is 0 Å². The van der Waals surface area contributed by atoms with Crippen LogP contribution in [-0.4, -0.2) is 65.0 Å².